The Morgan fingerprint density at radius 2 is 2.23 bits per heavy atom. The topological polar surface area (TPSA) is 41.6 Å². The quantitative estimate of drug-likeness (QED) is 0.675. The molecule has 0 aliphatic rings. The number of hydrogen-bond donors (Lipinski definition) is 0. The zero-order valence-electron chi connectivity index (χ0n) is 6.76. The van der Waals surface area contributed by atoms with Gasteiger partial charge in [0.25, 0.3) is 0 Å². The standard InChI is InChI=1S/C7H6F3N3/c1-5-4-6(7(8,9)10)12-13(5)3-2-11/h4H,3H2,1H3. The number of aromatic nitrogens is 2. The highest BCUT2D eigenvalue weighted by molar-refractivity contribution is 5.12. The van der Waals surface area contributed by atoms with Crippen LogP contribution in [0.5, 0.6) is 0 Å². The van der Waals surface area contributed by atoms with Gasteiger partial charge in [-0.05, 0) is 13.0 Å². The Labute approximate surface area is 72.4 Å². The van der Waals surface area contributed by atoms with E-state index in [0.29, 0.717) is 5.69 Å². The van der Waals surface area contributed by atoms with E-state index in [9.17, 15) is 13.2 Å². The lowest BCUT2D eigenvalue weighted by Crippen LogP contribution is -2.07. The van der Waals surface area contributed by atoms with Crippen molar-refractivity contribution in [2.75, 3.05) is 0 Å². The van der Waals surface area contributed by atoms with Gasteiger partial charge in [-0.15, -0.1) is 0 Å². The Morgan fingerprint density at radius 3 is 2.62 bits per heavy atom. The molecule has 3 nitrogen and oxygen atoms in total. The van der Waals surface area contributed by atoms with Crippen molar-refractivity contribution in [2.45, 2.75) is 19.6 Å². The summed E-state index contributed by atoms with van der Waals surface area (Å²) in [5.41, 5.74) is -0.630. The maximum atomic E-state index is 12.1. The van der Waals surface area contributed by atoms with Gasteiger partial charge in [-0.25, -0.2) is 0 Å². The van der Waals surface area contributed by atoms with Gasteiger partial charge >= 0.3 is 6.18 Å². The van der Waals surface area contributed by atoms with Crippen molar-refractivity contribution in [1.29, 1.82) is 5.26 Å². The molecule has 0 saturated carbocycles. The van der Waals surface area contributed by atoms with Crippen LogP contribution < -0.4 is 0 Å². The number of nitriles is 1. The lowest BCUT2D eigenvalue weighted by Gasteiger charge is -1.99. The molecule has 0 N–H and O–H groups in total. The summed E-state index contributed by atoms with van der Waals surface area (Å²) in [5, 5.41) is 11.5. The molecule has 0 aromatic carbocycles. The summed E-state index contributed by atoms with van der Waals surface area (Å²) >= 11 is 0. The molecule has 0 bridgehead atoms. The predicted molar refractivity (Wildman–Crippen MR) is 37.6 cm³/mol. The van der Waals surface area contributed by atoms with Crippen LogP contribution in [0.1, 0.15) is 11.4 Å². The first-order chi connectivity index (χ1) is 5.95. The van der Waals surface area contributed by atoms with E-state index in [4.69, 9.17) is 5.26 Å². The van der Waals surface area contributed by atoms with E-state index in [1.54, 1.807) is 6.07 Å². The van der Waals surface area contributed by atoms with Crippen molar-refractivity contribution in [2.24, 2.45) is 0 Å². The molecule has 0 atom stereocenters. The molecule has 0 radical (unpaired) electrons. The zero-order valence-corrected chi connectivity index (χ0v) is 6.76. The van der Waals surface area contributed by atoms with E-state index in [0.717, 1.165) is 10.7 Å². The first-order valence-corrected chi connectivity index (χ1v) is 3.43. The van der Waals surface area contributed by atoms with Crippen molar-refractivity contribution < 1.29 is 13.2 Å². The van der Waals surface area contributed by atoms with Crippen molar-refractivity contribution in [1.82, 2.24) is 9.78 Å². The van der Waals surface area contributed by atoms with Crippen molar-refractivity contribution in [3.05, 3.63) is 17.5 Å². The molecule has 13 heavy (non-hydrogen) atoms. The molecule has 0 saturated heterocycles. The molecule has 1 rings (SSSR count). The van der Waals surface area contributed by atoms with E-state index in [1.165, 1.54) is 6.92 Å². The molecule has 0 spiro atoms. The molecule has 1 aromatic rings. The normalized spacial score (nSPS) is 11.3. The zero-order chi connectivity index (χ0) is 10.1. The number of halogens is 3. The first-order valence-electron chi connectivity index (χ1n) is 3.43. The van der Waals surface area contributed by atoms with E-state index < -0.39 is 11.9 Å². The second kappa shape index (κ2) is 3.09. The summed E-state index contributed by atoms with van der Waals surface area (Å²) in [7, 11) is 0. The van der Waals surface area contributed by atoms with Crippen LogP contribution in [-0.2, 0) is 12.7 Å². The van der Waals surface area contributed by atoms with Crippen molar-refractivity contribution in [3.63, 3.8) is 0 Å². The van der Waals surface area contributed by atoms with E-state index in [2.05, 4.69) is 5.10 Å². The van der Waals surface area contributed by atoms with Gasteiger partial charge in [0.15, 0.2) is 5.69 Å². The number of aryl methyl sites for hydroxylation is 1. The van der Waals surface area contributed by atoms with Gasteiger partial charge in [-0.2, -0.15) is 23.5 Å². The summed E-state index contributed by atoms with van der Waals surface area (Å²) < 4.78 is 37.2. The van der Waals surface area contributed by atoms with E-state index in [-0.39, 0.29) is 6.54 Å². The third-order valence-electron chi connectivity index (χ3n) is 1.49. The third-order valence-corrected chi connectivity index (χ3v) is 1.49. The molecule has 1 heterocycles. The third kappa shape index (κ3) is 1.99. The minimum Gasteiger partial charge on any atom is -0.255 e. The number of alkyl halides is 3. The first kappa shape index (κ1) is 9.58. The maximum absolute atomic E-state index is 12.1. The van der Waals surface area contributed by atoms with Gasteiger partial charge in [-0.3, -0.25) is 4.68 Å². The van der Waals surface area contributed by atoms with Crippen LogP contribution >= 0.6 is 0 Å². The average Bonchev–Trinajstić information content (AvgIpc) is 2.32. The van der Waals surface area contributed by atoms with E-state index >= 15 is 0 Å². The molecule has 0 aliphatic carbocycles. The summed E-state index contributed by atoms with van der Waals surface area (Å²) in [6.45, 7) is 1.31. The summed E-state index contributed by atoms with van der Waals surface area (Å²) in [6, 6.07) is 2.64. The lowest BCUT2D eigenvalue weighted by atomic mass is 10.4. The van der Waals surface area contributed by atoms with Gasteiger partial charge < -0.3 is 0 Å². The van der Waals surface area contributed by atoms with Gasteiger partial charge in [0.1, 0.15) is 6.54 Å². The van der Waals surface area contributed by atoms with Crippen LogP contribution in [0.15, 0.2) is 6.07 Å². The van der Waals surface area contributed by atoms with Crippen LogP contribution in [0.4, 0.5) is 13.2 Å². The fourth-order valence-corrected chi connectivity index (χ4v) is 0.876. The Bertz CT molecular complexity index is 345. The van der Waals surface area contributed by atoms with E-state index in [1.807, 2.05) is 0 Å². The van der Waals surface area contributed by atoms with Gasteiger partial charge in [-0.1, -0.05) is 0 Å². The Balaban J connectivity index is 3.04. The molecular formula is C7H6F3N3. The molecule has 6 heteroatoms. The highest BCUT2D eigenvalue weighted by atomic mass is 19.4. The molecule has 0 amide bonds. The Kier molecular flexibility index (Phi) is 2.28. The largest absolute Gasteiger partial charge is 0.435 e. The number of rotatable bonds is 1. The highest BCUT2D eigenvalue weighted by Gasteiger charge is 2.34. The van der Waals surface area contributed by atoms with Crippen molar-refractivity contribution in [3.8, 4) is 6.07 Å². The fourth-order valence-electron chi connectivity index (χ4n) is 0.876. The maximum Gasteiger partial charge on any atom is 0.435 e. The molecule has 0 unspecified atom stereocenters. The average molecular weight is 189 g/mol. The minimum atomic E-state index is -4.44. The number of hydrogen-bond acceptors (Lipinski definition) is 2. The lowest BCUT2D eigenvalue weighted by molar-refractivity contribution is -0.141. The molecule has 0 fully saturated rings. The molecule has 1 aromatic heterocycles. The SMILES string of the molecule is Cc1cc(C(F)(F)F)nn1CC#N. The molecule has 0 aliphatic heterocycles. The monoisotopic (exact) mass is 189 g/mol. The van der Waals surface area contributed by atoms with Gasteiger partial charge in [0.05, 0.1) is 6.07 Å². The molecular weight excluding hydrogens is 183 g/mol. The summed E-state index contributed by atoms with van der Waals surface area (Å²) in [5.74, 6) is 0. The van der Waals surface area contributed by atoms with Crippen LogP contribution in [-0.4, -0.2) is 9.78 Å². The second-order valence-corrected chi connectivity index (χ2v) is 2.48. The Morgan fingerprint density at radius 1 is 1.62 bits per heavy atom. The van der Waals surface area contributed by atoms with Crippen molar-refractivity contribution >= 4 is 0 Å². The van der Waals surface area contributed by atoms with Gasteiger partial charge in [0, 0.05) is 5.69 Å². The highest BCUT2D eigenvalue weighted by Crippen LogP contribution is 2.28. The Hall–Kier alpha value is -1.51. The molecule has 70 valence electrons. The minimum absolute atomic E-state index is 0.165. The summed E-state index contributed by atoms with van der Waals surface area (Å²) in [4.78, 5) is 0. The van der Waals surface area contributed by atoms with Crippen LogP contribution in [0, 0.1) is 18.3 Å². The second-order valence-electron chi connectivity index (χ2n) is 2.48. The number of nitrogens with zero attached hydrogens (tertiary/aromatic N) is 3. The summed E-state index contributed by atoms with van der Waals surface area (Å²) in [6.07, 6.45) is -4.44. The van der Waals surface area contributed by atoms with Gasteiger partial charge in [0.2, 0.25) is 0 Å². The van der Waals surface area contributed by atoms with Crippen LogP contribution in [0.25, 0.3) is 0 Å². The predicted octanol–water partition coefficient (Wildman–Crippen LogP) is 1.73. The smallest absolute Gasteiger partial charge is 0.255 e. The van der Waals surface area contributed by atoms with Crippen LogP contribution in [0.2, 0.25) is 0 Å². The fraction of sp³-hybridized carbons (Fsp3) is 0.429. The van der Waals surface area contributed by atoms with Crippen LogP contribution in [0.3, 0.4) is 0 Å².